The van der Waals surface area contributed by atoms with Crippen molar-refractivity contribution in [3.8, 4) is 0 Å². The van der Waals surface area contributed by atoms with Gasteiger partial charge in [0.05, 0.1) is 25.1 Å². The van der Waals surface area contributed by atoms with Gasteiger partial charge in [-0.15, -0.1) is 0 Å². The third-order valence-electron chi connectivity index (χ3n) is 3.59. The molecule has 2 rings (SSSR count). The Balaban J connectivity index is 2.41. The molecule has 17 heavy (non-hydrogen) atoms. The second-order valence-corrected chi connectivity index (χ2v) is 4.46. The van der Waals surface area contributed by atoms with Gasteiger partial charge in [-0.2, -0.15) is 0 Å². The van der Waals surface area contributed by atoms with Gasteiger partial charge in [-0.3, -0.25) is 0 Å². The Labute approximate surface area is 99.7 Å². The highest BCUT2D eigenvalue weighted by Crippen LogP contribution is 2.35. The van der Waals surface area contributed by atoms with Crippen molar-refractivity contribution in [2.75, 3.05) is 19.5 Å². The van der Waals surface area contributed by atoms with Crippen molar-refractivity contribution in [3.63, 3.8) is 0 Å². The number of methoxy groups -OCH3 is 1. The van der Waals surface area contributed by atoms with Crippen LogP contribution < -0.4 is 5.73 Å². The summed E-state index contributed by atoms with van der Waals surface area (Å²) in [5, 5.41) is 0. The molecule has 1 fully saturated rings. The normalized spacial score (nSPS) is 28.3. The summed E-state index contributed by atoms with van der Waals surface area (Å²) in [6.07, 6.45) is 2.45. The molecule has 6 nitrogen and oxygen atoms in total. The van der Waals surface area contributed by atoms with Gasteiger partial charge >= 0.3 is 5.97 Å². The lowest BCUT2D eigenvalue weighted by Gasteiger charge is -2.30. The van der Waals surface area contributed by atoms with Gasteiger partial charge in [-0.25, -0.2) is 9.78 Å². The molecule has 1 aliphatic rings. The van der Waals surface area contributed by atoms with Crippen molar-refractivity contribution < 1.29 is 14.3 Å². The van der Waals surface area contributed by atoms with Gasteiger partial charge in [-0.1, -0.05) is 0 Å². The summed E-state index contributed by atoms with van der Waals surface area (Å²) < 4.78 is 12.0. The van der Waals surface area contributed by atoms with Crippen LogP contribution in [0.4, 0.5) is 5.82 Å². The highest BCUT2D eigenvalue weighted by molar-refractivity contribution is 5.92. The lowest BCUT2D eigenvalue weighted by Crippen LogP contribution is -2.37. The first-order valence-corrected chi connectivity index (χ1v) is 5.54. The Morgan fingerprint density at radius 1 is 1.76 bits per heavy atom. The zero-order valence-electron chi connectivity index (χ0n) is 10.3. The summed E-state index contributed by atoms with van der Waals surface area (Å²) in [5.74, 6) is -0.187. The second-order valence-electron chi connectivity index (χ2n) is 4.46. The number of imidazole rings is 1. The van der Waals surface area contributed by atoms with Crippen LogP contribution in [-0.4, -0.2) is 35.3 Å². The molecule has 0 spiro atoms. The quantitative estimate of drug-likeness (QED) is 0.771. The lowest BCUT2D eigenvalue weighted by atomic mass is 9.94. The minimum atomic E-state index is -0.517. The van der Waals surface area contributed by atoms with Crippen LogP contribution in [0.15, 0.2) is 6.33 Å². The summed E-state index contributed by atoms with van der Waals surface area (Å²) in [5.41, 5.74) is 5.85. The van der Waals surface area contributed by atoms with Crippen molar-refractivity contribution >= 4 is 11.8 Å². The van der Waals surface area contributed by atoms with Crippen LogP contribution >= 0.6 is 0 Å². The minimum Gasteiger partial charge on any atom is -0.464 e. The number of hydrogen-bond acceptors (Lipinski definition) is 5. The van der Waals surface area contributed by atoms with E-state index < -0.39 is 5.97 Å². The fourth-order valence-electron chi connectivity index (χ4n) is 2.16. The first kappa shape index (κ1) is 11.9. The van der Waals surface area contributed by atoms with Crippen molar-refractivity contribution in [3.05, 3.63) is 12.0 Å². The Morgan fingerprint density at radius 2 is 2.47 bits per heavy atom. The molecule has 0 aromatic carbocycles. The molecule has 0 saturated carbocycles. The number of hydrogen-bond donors (Lipinski definition) is 1. The molecule has 2 atom stereocenters. The fourth-order valence-corrected chi connectivity index (χ4v) is 2.16. The lowest BCUT2D eigenvalue weighted by molar-refractivity contribution is 0.0594. The predicted molar refractivity (Wildman–Crippen MR) is 61.7 cm³/mol. The molecule has 0 aliphatic carbocycles. The smallest absolute Gasteiger partial charge is 0.360 e. The summed E-state index contributed by atoms with van der Waals surface area (Å²) in [4.78, 5) is 15.5. The number of nitrogens with zero attached hydrogens (tertiary/aromatic N) is 2. The van der Waals surface area contributed by atoms with Crippen molar-refractivity contribution in [1.29, 1.82) is 0 Å². The maximum atomic E-state index is 11.4. The third-order valence-corrected chi connectivity index (χ3v) is 3.59. The van der Waals surface area contributed by atoms with Gasteiger partial charge in [0.25, 0.3) is 0 Å². The Bertz CT molecular complexity index is 443. The molecule has 1 aromatic rings. The molecular weight excluding hydrogens is 222 g/mol. The first-order valence-electron chi connectivity index (χ1n) is 5.54. The zero-order valence-corrected chi connectivity index (χ0v) is 10.3. The van der Waals surface area contributed by atoms with E-state index in [9.17, 15) is 4.79 Å². The Kier molecular flexibility index (Phi) is 2.82. The van der Waals surface area contributed by atoms with Crippen LogP contribution in [0.3, 0.4) is 0 Å². The maximum absolute atomic E-state index is 11.4. The van der Waals surface area contributed by atoms with Crippen LogP contribution in [0, 0.1) is 0 Å². The molecule has 0 bridgehead atoms. The summed E-state index contributed by atoms with van der Waals surface area (Å²) in [6.45, 7) is 4.72. The highest BCUT2D eigenvalue weighted by atomic mass is 16.5. The number of nitrogen functional groups attached to an aromatic ring is 1. The zero-order chi connectivity index (χ0) is 12.6. The highest BCUT2D eigenvalue weighted by Gasteiger charge is 2.40. The number of carbonyl (C=O) groups is 1. The number of aromatic nitrogens is 2. The van der Waals surface area contributed by atoms with Crippen molar-refractivity contribution in [2.45, 2.75) is 31.9 Å². The van der Waals surface area contributed by atoms with Crippen LogP contribution in [-0.2, 0) is 15.0 Å². The monoisotopic (exact) mass is 239 g/mol. The number of ether oxygens (including phenoxy) is 2. The molecule has 6 heteroatoms. The number of anilines is 1. The fraction of sp³-hybridized carbons (Fsp3) is 0.636. The molecule has 1 aliphatic heterocycles. The van der Waals surface area contributed by atoms with Gasteiger partial charge in [-0.05, 0) is 20.3 Å². The predicted octanol–water partition coefficient (Wildman–Crippen LogP) is 0.776. The van der Waals surface area contributed by atoms with E-state index in [0.717, 1.165) is 6.42 Å². The maximum Gasteiger partial charge on any atom is 0.360 e. The van der Waals surface area contributed by atoms with Gasteiger partial charge in [0.15, 0.2) is 5.69 Å². The summed E-state index contributed by atoms with van der Waals surface area (Å²) in [7, 11) is 1.31. The molecule has 1 aromatic heterocycles. The molecule has 0 amide bonds. The van der Waals surface area contributed by atoms with E-state index in [4.69, 9.17) is 10.5 Å². The van der Waals surface area contributed by atoms with Gasteiger partial charge in [0.1, 0.15) is 5.82 Å². The van der Waals surface area contributed by atoms with Gasteiger partial charge < -0.3 is 19.8 Å². The minimum absolute atomic E-state index is 0.0319. The van der Waals surface area contributed by atoms with E-state index in [2.05, 4.69) is 9.72 Å². The van der Waals surface area contributed by atoms with Crippen LogP contribution in [0.5, 0.6) is 0 Å². The molecular formula is C11H17N3O3. The van der Waals surface area contributed by atoms with Crippen molar-refractivity contribution in [2.24, 2.45) is 0 Å². The summed E-state index contributed by atoms with van der Waals surface area (Å²) >= 11 is 0. The number of nitrogens with two attached hydrogens (primary N) is 1. The van der Waals surface area contributed by atoms with Crippen LogP contribution in [0.1, 0.15) is 30.8 Å². The molecule has 94 valence electrons. The van der Waals surface area contributed by atoms with E-state index in [1.165, 1.54) is 7.11 Å². The van der Waals surface area contributed by atoms with E-state index in [1.807, 2.05) is 13.8 Å². The number of rotatable bonds is 2. The first-order chi connectivity index (χ1) is 8.00. The number of esters is 1. The average molecular weight is 239 g/mol. The third kappa shape index (κ3) is 1.68. The standard InChI is InChI=1S/C11H17N3O3/c1-7-11(2,4-5-17-7)14-6-13-8(9(14)12)10(15)16-3/h6-7H,4-5,12H2,1-3H3. The largest absolute Gasteiger partial charge is 0.464 e. The summed E-state index contributed by atoms with van der Waals surface area (Å²) in [6, 6.07) is 0. The van der Waals surface area contributed by atoms with Gasteiger partial charge in [0.2, 0.25) is 0 Å². The topological polar surface area (TPSA) is 79.4 Å². The SMILES string of the molecule is COC(=O)c1ncn(C2(C)CCOC2C)c1N. The number of carbonyl (C=O) groups excluding carboxylic acids is 1. The average Bonchev–Trinajstić information content (AvgIpc) is 2.84. The molecule has 2 heterocycles. The van der Waals surface area contributed by atoms with E-state index in [1.54, 1.807) is 10.9 Å². The van der Waals surface area contributed by atoms with Crippen molar-refractivity contribution in [1.82, 2.24) is 9.55 Å². The van der Waals surface area contributed by atoms with Gasteiger partial charge in [0, 0.05) is 6.61 Å². The Hall–Kier alpha value is -1.56. The molecule has 1 saturated heterocycles. The molecule has 0 radical (unpaired) electrons. The van der Waals surface area contributed by atoms with E-state index in [0.29, 0.717) is 12.4 Å². The molecule has 2 unspecified atom stereocenters. The van der Waals surface area contributed by atoms with Crippen LogP contribution in [0.25, 0.3) is 0 Å². The van der Waals surface area contributed by atoms with Crippen LogP contribution in [0.2, 0.25) is 0 Å². The van der Waals surface area contributed by atoms with E-state index >= 15 is 0 Å². The van der Waals surface area contributed by atoms with E-state index in [-0.39, 0.29) is 17.3 Å². The Morgan fingerprint density at radius 3 is 3.00 bits per heavy atom. The second kappa shape index (κ2) is 4.03. The molecule has 2 N–H and O–H groups in total.